The SMILES string of the molecule is CC1CCNc2ccccc2C1N(CCO)C(=O)CCC(=O)O.OCc1ccccc1. The molecule has 7 heteroatoms. The summed E-state index contributed by atoms with van der Waals surface area (Å²) in [5, 5.41) is 30.1. The number of aliphatic hydroxyl groups is 2. The minimum absolute atomic E-state index is 0.0475. The van der Waals surface area contributed by atoms with Crippen molar-refractivity contribution < 1.29 is 24.9 Å². The van der Waals surface area contributed by atoms with Gasteiger partial charge in [-0.2, -0.15) is 0 Å². The third-order valence-electron chi connectivity index (χ3n) is 5.31. The average Bonchev–Trinajstić information content (AvgIpc) is 2.95. The number of hydrogen-bond donors (Lipinski definition) is 4. The Bertz CT molecular complexity index is 828. The normalized spacial score (nSPS) is 17.3. The van der Waals surface area contributed by atoms with Gasteiger partial charge in [-0.25, -0.2) is 0 Å². The van der Waals surface area contributed by atoms with Crippen LogP contribution in [0.15, 0.2) is 54.6 Å². The van der Waals surface area contributed by atoms with Crippen LogP contribution in [0.3, 0.4) is 0 Å². The number of nitrogens with one attached hydrogen (secondary N) is 1. The molecule has 168 valence electrons. The Balaban J connectivity index is 0.000000357. The van der Waals surface area contributed by atoms with Gasteiger partial charge >= 0.3 is 5.97 Å². The van der Waals surface area contributed by atoms with Crippen LogP contribution in [0.5, 0.6) is 0 Å². The highest BCUT2D eigenvalue weighted by Gasteiger charge is 2.32. The van der Waals surface area contributed by atoms with Crippen LogP contribution in [-0.4, -0.2) is 51.8 Å². The van der Waals surface area contributed by atoms with Crippen molar-refractivity contribution in [3.63, 3.8) is 0 Å². The fraction of sp³-hybridized carbons (Fsp3) is 0.417. The Hall–Kier alpha value is -2.90. The van der Waals surface area contributed by atoms with Crippen LogP contribution in [0.2, 0.25) is 0 Å². The van der Waals surface area contributed by atoms with E-state index < -0.39 is 5.97 Å². The van der Waals surface area contributed by atoms with Gasteiger partial charge in [0.15, 0.2) is 0 Å². The lowest BCUT2D eigenvalue weighted by molar-refractivity contribution is -0.142. The minimum atomic E-state index is -0.988. The maximum absolute atomic E-state index is 12.5. The van der Waals surface area contributed by atoms with E-state index in [2.05, 4.69) is 12.2 Å². The molecule has 0 saturated heterocycles. The number of para-hydroxylation sites is 1. The van der Waals surface area contributed by atoms with Crippen LogP contribution >= 0.6 is 0 Å². The van der Waals surface area contributed by atoms with Crippen molar-refractivity contribution in [2.45, 2.75) is 38.8 Å². The quantitative estimate of drug-likeness (QED) is 0.540. The van der Waals surface area contributed by atoms with Gasteiger partial charge < -0.3 is 25.5 Å². The summed E-state index contributed by atoms with van der Waals surface area (Å²) in [6.07, 6.45) is 0.656. The maximum atomic E-state index is 12.5. The van der Waals surface area contributed by atoms with E-state index in [0.29, 0.717) is 0 Å². The average molecular weight is 429 g/mol. The Morgan fingerprint density at radius 3 is 2.32 bits per heavy atom. The van der Waals surface area contributed by atoms with Crippen LogP contribution < -0.4 is 5.32 Å². The lowest BCUT2D eigenvalue weighted by Crippen LogP contribution is -2.40. The number of carboxylic acid groups (broad SMARTS) is 1. The van der Waals surface area contributed by atoms with E-state index in [1.165, 1.54) is 0 Å². The third-order valence-corrected chi connectivity index (χ3v) is 5.31. The molecule has 1 aliphatic rings. The van der Waals surface area contributed by atoms with Gasteiger partial charge in [-0.15, -0.1) is 0 Å². The van der Waals surface area contributed by atoms with Gasteiger partial charge in [-0.1, -0.05) is 55.5 Å². The number of amides is 1. The van der Waals surface area contributed by atoms with E-state index >= 15 is 0 Å². The van der Waals surface area contributed by atoms with E-state index in [0.717, 1.165) is 29.8 Å². The number of fused-ring (bicyclic) bond motifs is 1. The number of carboxylic acids is 1. The molecule has 0 fully saturated rings. The summed E-state index contributed by atoms with van der Waals surface area (Å²) in [7, 11) is 0. The number of aliphatic carboxylic acids is 1. The molecule has 3 rings (SSSR count). The molecule has 2 atom stereocenters. The van der Waals surface area contributed by atoms with Gasteiger partial charge in [-0.05, 0) is 29.5 Å². The van der Waals surface area contributed by atoms with Gasteiger partial charge in [0, 0.05) is 25.2 Å². The molecule has 2 unspecified atom stereocenters. The first-order valence-electron chi connectivity index (χ1n) is 10.6. The van der Waals surface area contributed by atoms with E-state index in [4.69, 9.17) is 10.2 Å². The summed E-state index contributed by atoms with van der Waals surface area (Å²) in [6, 6.07) is 17.2. The predicted molar refractivity (Wildman–Crippen MR) is 119 cm³/mol. The molecule has 2 aromatic carbocycles. The van der Waals surface area contributed by atoms with Crippen LogP contribution in [0.25, 0.3) is 0 Å². The standard InChI is InChI=1S/C17H24N2O4.C7H8O/c1-12-8-9-18-14-5-3-2-4-13(14)17(12)19(10-11-20)15(21)6-7-16(22)23;8-6-7-4-2-1-3-5-7/h2-5,12,17-18,20H,6-11H2,1H3,(H,22,23);1-5,8H,6H2. The Morgan fingerprint density at radius 2 is 1.71 bits per heavy atom. The summed E-state index contributed by atoms with van der Waals surface area (Å²) in [5.41, 5.74) is 2.98. The predicted octanol–water partition coefficient (Wildman–Crippen LogP) is 3.04. The summed E-state index contributed by atoms with van der Waals surface area (Å²) >= 11 is 0. The van der Waals surface area contributed by atoms with Crippen molar-refractivity contribution in [1.82, 2.24) is 4.90 Å². The van der Waals surface area contributed by atoms with E-state index in [-0.39, 0.29) is 50.5 Å². The number of hydrogen-bond acceptors (Lipinski definition) is 5. The van der Waals surface area contributed by atoms with Crippen molar-refractivity contribution >= 4 is 17.6 Å². The van der Waals surface area contributed by atoms with Crippen LogP contribution in [0.4, 0.5) is 5.69 Å². The van der Waals surface area contributed by atoms with Crippen molar-refractivity contribution in [1.29, 1.82) is 0 Å². The van der Waals surface area contributed by atoms with Crippen LogP contribution in [0.1, 0.15) is 43.4 Å². The van der Waals surface area contributed by atoms with Crippen molar-refractivity contribution in [2.24, 2.45) is 5.92 Å². The van der Waals surface area contributed by atoms with E-state index in [1.807, 2.05) is 54.6 Å². The second-order valence-corrected chi connectivity index (χ2v) is 7.57. The van der Waals surface area contributed by atoms with E-state index in [1.54, 1.807) is 4.90 Å². The highest BCUT2D eigenvalue weighted by atomic mass is 16.4. The fourth-order valence-electron chi connectivity index (χ4n) is 3.76. The smallest absolute Gasteiger partial charge is 0.303 e. The molecule has 0 bridgehead atoms. The van der Waals surface area contributed by atoms with Gasteiger partial charge in [0.05, 0.1) is 25.7 Å². The first-order valence-corrected chi connectivity index (χ1v) is 10.6. The summed E-state index contributed by atoms with van der Waals surface area (Å²) < 4.78 is 0. The van der Waals surface area contributed by atoms with Crippen molar-refractivity contribution in [2.75, 3.05) is 25.0 Å². The Kier molecular flexibility index (Phi) is 10.00. The zero-order valence-corrected chi connectivity index (χ0v) is 17.9. The van der Waals surface area contributed by atoms with Crippen LogP contribution in [-0.2, 0) is 16.2 Å². The number of rotatable bonds is 7. The lowest BCUT2D eigenvalue weighted by Gasteiger charge is -2.35. The maximum Gasteiger partial charge on any atom is 0.303 e. The summed E-state index contributed by atoms with van der Waals surface area (Å²) in [6.45, 7) is 3.12. The number of anilines is 1. The second-order valence-electron chi connectivity index (χ2n) is 7.57. The number of carbonyl (C=O) groups is 2. The Labute approximate surface area is 183 Å². The number of nitrogens with zero attached hydrogens (tertiary/aromatic N) is 1. The molecule has 1 heterocycles. The number of aliphatic hydroxyl groups excluding tert-OH is 2. The molecule has 4 N–H and O–H groups in total. The molecule has 0 radical (unpaired) electrons. The minimum Gasteiger partial charge on any atom is -0.481 e. The molecular formula is C24H32N2O5. The molecule has 0 aliphatic carbocycles. The van der Waals surface area contributed by atoms with Gasteiger partial charge in [-0.3, -0.25) is 9.59 Å². The highest BCUT2D eigenvalue weighted by molar-refractivity contribution is 5.81. The fourth-order valence-corrected chi connectivity index (χ4v) is 3.76. The molecule has 31 heavy (non-hydrogen) atoms. The lowest BCUT2D eigenvalue weighted by atomic mass is 9.90. The van der Waals surface area contributed by atoms with Crippen molar-refractivity contribution in [3.05, 3.63) is 65.7 Å². The highest BCUT2D eigenvalue weighted by Crippen LogP contribution is 2.37. The third kappa shape index (κ3) is 7.38. The zero-order chi connectivity index (χ0) is 22.6. The molecule has 0 saturated carbocycles. The molecule has 1 amide bonds. The summed E-state index contributed by atoms with van der Waals surface area (Å²) in [4.78, 5) is 24.9. The molecule has 2 aromatic rings. The van der Waals surface area contributed by atoms with Crippen LogP contribution in [0, 0.1) is 5.92 Å². The largest absolute Gasteiger partial charge is 0.481 e. The molecule has 0 spiro atoms. The molecular weight excluding hydrogens is 396 g/mol. The number of carbonyl (C=O) groups excluding carboxylic acids is 1. The zero-order valence-electron chi connectivity index (χ0n) is 17.9. The monoisotopic (exact) mass is 428 g/mol. The molecule has 7 nitrogen and oxygen atoms in total. The first kappa shape index (κ1) is 24.4. The van der Waals surface area contributed by atoms with Gasteiger partial charge in [0.25, 0.3) is 0 Å². The summed E-state index contributed by atoms with van der Waals surface area (Å²) in [5.74, 6) is -1.00. The Morgan fingerprint density at radius 1 is 1.03 bits per heavy atom. The van der Waals surface area contributed by atoms with E-state index in [9.17, 15) is 14.7 Å². The first-order chi connectivity index (χ1) is 15.0. The topological polar surface area (TPSA) is 110 Å². The molecule has 0 aromatic heterocycles. The second kappa shape index (κ2) is 12.7. The van der Waals surface area contributed by atoms with Gasteiger partial charge in [0.1, 0.15) is 0 Å². The van der Waals surface area contributed by atoms with Crippen molar-refractivity contribution in [3.8, 4) is 0 Å². The molecule has 1 aliphatic heterocycles. The number of benzene rings is 2. The van der Waals surface area contributed by atoms with Gasteiger partial charge in [0.2, 0.25) is 5.91 Å².